The first-order chi connectivity index (χ1) is 13.5. The number of carbonyl (C=O) groups excluding carboxylic acids is 1. The number of aryl methyl sites for hydroxylation is 2. The fourth-order valence-corrected chi connectivity index (χ4v) is 3.90. The summed E-state index contributed by atoms with van der Waals surface area (Å²) in [6.07, 6.45) is 0.228. The molecule has 6 heteroatoms. The van der Waals surface area contributed by atoms with E-state index in [1.54, 1.807) is 5.38 Å². The molecule has 0 saturated carbocycles. The summed E-state index contributed by atoms with van der Waals surface area (Å²) >= 11 is 1.18. The van der Waals surface area contributed by atoms with Gasteiger partial charge in [0.1, 0.15) is 11.6 Å². The van der Waals surface area contributed by atoms with E-state index < -0.39 is 11.6 Å². The second kappa shape index (κ2) is 8.03. The minimum Gasteiger partial charge on any atom is -0.302 e. The Morgan fingerprint density at radius 2 is 1.76 bits per heavy atom. The van der Waals surface area contributed by atoms with Crippen molar-refractivity contribution in [1.29, 1.82) is 0 Å². The fourth-order valence-electron chi connectivity index (χ4n) is 3.18. The molecule has 3 aromatic rings. The van der Waals surface area contributed by atoms with Gasteiger partial charge in [0, 0.05) is 10.9 Å². The van der Waals surface area contributed by atoms with Crippen LogP contribution in [0.15, 0.2) is 35.7 Å². The molecule has 0 atom stereocenters. The van der Waals surface area contributed by atoms with E-state index in [-0.39, 0.29) is 23.3 Å². The van der Waals surface area contributed by atoms with Crippen LogP contribution in [0, 0.1) is 25.5 Å². The molecule has 1 aromatic heterocycles. The van der Waals surface area contributed by atoms with Gasteiger partial charge in [0.15, 0.2) is 5.13 Å². The monoisotopic (exact) mass is 414 g/mol. The molecule has 0 unspecified atom stereocenters. The zero-order chi connectivity index (χ0) is 21.3. The molecule has 0 saturated heterocycles. The number of anilines is 1. The summed E-state index contributed by atoms with van der Waals surface area (Å²) in [5.41, 5.74) is 4.79. The van der Waals surface area contributed by atoms with Crippen LogP contribution in [-0.2, 0) is 16.6 Å². The number of thiazole rings is 1. The minimum atomic E-state index is -0.556. The van der Waals surface area contributed by atoms with Crippen LogP contribution in [0.25, 0.3) is 11.3 Å². The van der Waals surface area contributed by atoms with Crippen LogP contribution >= 0.6 is 11.3 Å². The van der Waals surface area contributed by atoms with Crippen molar-refractivity contribution in [3.05, 3.63) is 69.6 Å². The quantitative estimate of drug-likeness (QED) is 0.554. The highest BCUT2D eigenvalue weighted by atomic mass is 32.1. The van der Waals surface area contributed by atoms with Crippen molar-refractivity contribution < 1.29 is 13.6 Å². The lowest BCUT2D eigenvalue weighted by atomic mass is 9.83. The number of benzene rings is 2. The average Bonchev–Trinajstić information content (AvgIpc) is 3.07. The molecule has 152 valence electrons. The zero-order valence-corrected chi connectivity index (χ0v) is 18.0. The van der Waals surface area contributed by atoms with Gasteiger partial charge in [-0.1, -0.05) is 32.9 Å². The van der Waals surface area contributed by atoms with E-state index in [0.29, 0.717) is 10.8 Å². The molecular formula is C23H24F2N2OS. The number of hydrogen-bond donors (Lipinski definition) is 1. The third kappa shape index (κ3) is 4.88. The van der Waals surface area contributed by atoms with Crippen molar-refractivity contribution in [2.75, 3.05) is 5.32 Å². The first-order valence-electron chi connectivity index (χ1n) is 9.36. The highest BCUT2D eigenvalue weighted by Gasteiger charge is 2.18. The van der Waals surface area contributed by atoms with Crippen molar-refractivity contribution in [2.24, 2.45) is 0 Å². The molecule has 0 aliphatic heterocycles. The Morgan fingerprint density at radius 3 is 2.38 bits per heavy atom. The number of aromatic nitrogens is 1. The smallest absolute Gasteiger partial charge is 0.230 e. The van der Waals surface area contributed by atoms with Crippen molar-refractivity contribution in [1.82, 2.24) is 4.98 Å². The van der Waals surface area contributed by atoms with E-state index in [1.807, 2.05) is 13.8 Å². The van der Waals surface area contributed by atoms with Crippen LogP contribution in [0.1, 0.15) is 43.0 Å². The molecule has 0 aliphatic carbocycles. The maximum Gasteiger partial charge on any atom is 0.230 e. The van der Waals surface area contributed by atoms with Crippen LogP contribution in [0.4, 0.5) is 13.9 Å². The second-order valence-corrected chi connectivity index (χ2v) is 9.08. The Morgan fingerprint density at radius 1 is 1.10 bits per heavy atom. The molecule has 0 bridgehead atoms. The van der Waals surface area contributed by atoms with Crippen molar-refractivity contribution in [2.45, 2.75) is 46.5 Å². The predicted octanol–water partition coefficient (Wildman–Crippen LogP) is 6.18. The molecule has 2 aromatic carbocycles. The number of amides is 1. The minimum absolute atomic E-state index is 0.0415. The van der Waals surface area contributed by atoms with E-state index in [2.05, 4.69) is 43.2 Å². The van der Waals surface area contributed by atoms with Gasteiger partial charge in [-0.05, 0) is 59.7 Å². The summed E-state index contributed by atoms with van der Waals surface area (Å²) in [6, 6.07) is 7.48. The molecule has 0 aliphatic rings. The summed E-state index contributed by atoms with van der Waals surface area (Å²) in [4.78, 5) is 16.8. The van der Waals surface area contributed by atoms with E-state index in [0.717, 1.165) is 34.9 Å². The van der Waals surface area contributed by atoms with Crippen molar-refractivity contribution in [3.63, 3.8) is 0 Å². The zero-order valence-electron chi connectivity index (χ0n) is 17.2. The predicted molar refractivity (Wildman–Crippen MR) is 114 cm³/mol. The Balaban J connectivity index is 1.76. The largest absolute Gasteiger partial charge is 0.302 e. The lowest BCUT2D eigenvalue weighted by Crippen LogP contribution is -2.17. The lowest BCUT2D eigenvalue weighted by Gasteiger charge is -2.22. The number of halogens is 2. The van der Waals surface area contributed by atoms with Gasteiger partial charge in [-0.15, -0.1) is 11.3 Å². The maximum absolute atomic E-state index is 13.9. The highest BCUT2D eigenvalue weighted by Crippen LogP contribution is 2.29. The second-order valence-electron chi connectivity index (χ2n) is 8.23. The number of nitrogens with one attached hydrogen (secondary N) is 1. The Kier molecular flexibility index (Phi) is 5.85. The summed E-state index contributed by atoms with van der Waals surface area (Å²) in [6.45, 7) is 10.5. The Bertz CT molecular complexity index is 1040. The van der Waals surface area contributed by atoms with Crippen LogP contribution in [0.5, 0.6) is 0 Å². The third-order valence-corrected chi connectivity index (χ3v) is 5.61. The van der Waals surface area contributed by atoms with Crippen LogP contribution in [-0.4, -0.2) is 10.9 Å². The van der Waals surface area contributed by atoms with E-state index in [9.17, 15) is 13.6 Å². The number of hydrogen-bond acceptors (Lipinski definition) is 3. The van der Waals surface area contributed by atoms with Crippen molar-refractivity contribution in [3.8, 4) is 11.3 Å². The Hall–Kier alpha value is -2.60. The van der Waals surface area contributed by atoms with Gasteiger partial charge >= 0.3 is 0 Å². The normalized spacial score (nSPS) is 11.6. The summed E-state index contributed by atoms with van der Waals surface area (Å²) in [7, 11) is 0. The molecular weight excluding hydrogens is 390 g/mol. The standard InChI is InChI=1S/C23H24F2N2OS/c1-13-8-15(23(3,4)5)9-14(2)17(13)11-21(28)27-22-26-20(12-29-22)18-10-16(24)6-7-19(18)25/h6-10,12H,11H2,1-5H3,(H,26,27,28). The number of rotatable bonds is 4. The molecule has 3 nitrogen and oxygen atoms in total. The highest BCUT2D eigenvalue weighted by molar-refractivity contribution is 7.14. The summed E-state index contributed by atoms with van der Waals surface area (Å²) < 4.78 is 27.3. The number of carbonyl (C=O) groups is 1. The summed E-state index contributed by atoms with van der Waals surface area (Å²) in [5.74, 6) is -1.29. The number of nitrogens with zero attached hydrogens (tertiary/aromatic N) is 1. The van der Waals surface area contributed by atoms with E-state index in [1.165, 1.54) is 16.9 Å². The van der Waals surface area contributed by atoms with Crippen LogP contribution < -0.4 is 5.32 Å². The first kappa shape index (κ1) is 21.1. The van der Waals surface area contributed by atoms with Gasteiger partial charge in [-0.3, -0.25) is 4.79 Å². The molecule has 1 amide bonds. The van der Waals surface area contributed by atoms with Gasteiger partial charge in [-0.2, -0.15) is 0 Å². The van der Waals surface area contributed by atoms with Gasteiger partial charge in [-0.25, -0.2) is 13.8 Å². The van der Waals surface area contributed by atoms with E-state index in [4.69, 9.17) is 0 Å². The lowest BCUT2D eigenvalue weighted by molar-refractivity contribution is -0.115. The van der Waals surface area contributed by atoms with Crippen molar-refractivity contribution >= 4 is 22.4 Å². The molecule has 0 fully saturated rings. The fraction of sp³-hybridized carbons (Fsp3) is 0.304. The van der Waals surface area contributed by atoms with Crippen LogP contribution in [0.3, 0.4) is 0 Å². The SMILES string of the molecule is Cc1cc(C(C)(C)C)cc(C)c1CC(=O)Nc1nc(-c2cc(F)ccc2F)cs1. The van der Waals surface area contributed by atoms with Crippen LogP contribution in [0.2, 0.25) is 0 Å². The first-order valence-corrected chi connectivity index (χ1v) is 10.2. The van der Waals surface area contributed by atoms with Gasteiger partial charge in [0.2, 0.25) is 5.91 Å². The third-order valence-electron chi connectivity index (χ3n) is 4.85. The van der Waals surface area contributed by atoms with Gasteiger partial charge in [0.05, 0.1) is 12.1 Å². The van der Waals surface area contributed by atoms with Gasteiger partial charge < -0.3 is 5.32 Å². The van der Waals surface area contributed by atoms with E-state index >= 15 is 0 Å². The molecule has 0 spiro atoms. The average molecular weight is 415 g/mol. The molecule has 3 rings (SSSR count). The molecule has 1 N–H and O–H groups in total. The van der Waals surface area contributed by atoms with Gasteiger partial charge in [0.25, 0.3) is 0 Å². The topological polar surface area (TPSA) is 42.0 Å². The summed E-state index contributed by atoms with van der Waals surface area (Å²) in [5, 5.41) is 4.72. The molecule has 29 heavy (non-hydrogen) atoms. The Labute approximate surface area is 173 Å². The molecule has 0 radical (unpaired) electrons. The maximum atomic E-state index is 13.9. The molecule has 1 heterocycles.